The highest BCUT2D eigenvalue weighted by Gasteiger charge is 2.17. The van der Waals surface area contributed by atoms with Crippen LogP contribution < -0.4 is 5.32 Å². The third-order valence-electron chi connectivity index (χ3n) is 2.48. The Hall–Kier alpha value is -0.950. The average molecular weight is 276 g/mol. The molecular weight excluding hydrogens is 260 g/mol. The van der Waals surface area contributed by atoms with E-state index in [0.29, 0.717) is 17.2 Å². The fourth-order valence-corrected chi connectivity index (χ4v) is 2.56. The topological polar surface area (TPSA) is 79.3 Å². The van der Waals surface area contributed by atoms with Gasteiger partial charge in [0.1, 0.15) is 10.6 Å². The lowest BCUT2D eigenvalue weighted by Gasteiger charge is -2.09. The van der Waals surface area contributed by atoms with Gasteiger partial charge in [-0.2, -0.15) is 4.37 Å². The van der Waals surface area contributed by atoms with Crippen molar-refractivity contribution in [3.63, 3.8) is 0 Å². The van der Waals surface area contributed by atoms with Gasteiger partial charge in [0.15, 0.2) is 0 Å². The first kappa shape index (κ1) is 14.1. The van der Waals surface area contributed by atoms with E-state index in [1.54, 1.807) is 13.2 Å². The molecule has 0 aliphatic carbocycles. The molecule has 0 spiro atoms. The highest BCUT2D eigenvalue weighted by Crippen LogP contribution is 2.24. The smallest absolute Gasteiger partial charge is 0.340 e. The fraction of sp³-hybridized carbons (Fsp3) is 0.600. The number of carboxylic acid groups (broad SMARTS) is 1. The van der Waals surface area contributed by atoms with Crippen molar-refractivity contribution in [2.45, 2.75) is 25.5 Å². The van der Waals surface area contributed by atoms with Crippen LogP contribution in [0.5, 0.6) is 0 Å². The zero-order valence-corrected chi connectivity index (χ0v) is 11.7. The summed E-state index contributed by atoms with van der Waals surface area (Å²) in [4.78, 5) is 11.0. The number of aromatic nitrogens is 1. The van der Waals surface area contributed by atoms with Gasteiger partial charge in [-0.25, -0.2) is 4.79 Å². The molecule has 1 heterocycles. The Labute approximate surface area is 107 Å². The van der Waals surface area contributed by atoms with Gasteiger partial charge in [-0.3, -0.25) is 4.21 Å². The molecule has 1 aromatic rings. The summed E-state index contributed by atoms with van der Waals surface area (Å²) in [5, 5.41) is 12.7. The van der Waals surface area contributed by atoms with Crippen LogP contribution in [0.1, 0.15) is 29.4 Å². The van der Waals surface area contributed by atoms with E-state index >= 15 is 0 Å². The summed E-state index contributed by atoms with van der Waals surface area (Å²) in [5.41, 5.74) is 0.761. The van der Waals surface area contributed by atoms with Crippen molar-refractivity contribution < 1.29 is 14.1 Å². The van der Waals surface area contributed by atoms with Crippen LogP contribution in [-0.4, -0.2) is 37.7 Å². The number of hydrogen-bond donors (Lipinski definition) is 2. The van der Waals surface area contributed by atoms with Crippen LogP contribution in [-0.2, 0) is 10.8 Å². The first-order valence-corrected chi connectivity index (χ1v) is 7.58. The van der Waals surface area contributed by atoms with E-state index in [1.807, 2.05) is 6.92 Å². The Morgan fingerprint density at radius 2 is 2.29 bits per heavy atom. The normalized spacial score (nSPS) is 14.3. The van der Waals surface area contributed by atoms with E-state index < -0.39 is 16.8 Å². The maximum Gasteiger partial charge on any atom is 0.340 e. The monoisotopic (exact) mass is 276 g/mol. The van der Waals surface area contributed by atoms with Crippen molar-refractivity contribution in [2.24, 2.45) is 0 Å². The van der Waals surface area contributed by atoms with Crippen molar-refractivity contribution in [3.05, 3.63) is 11.3 Å². The molecule has 0 aliphatic rings. The molecule has 2 unspecified atom stereocenters. The van der Waals surface area contributed by atoms with Gasteiger partial charge in [-0.15, -0.1) is 0 Å². The molecule has 96 valence electrons. The Morgan fingerprint density at radius 1 is 1.65 bits per heavy atom. The molecule has 7 heteroatoms. The molecule has 0 bridgehead atoms. The number of rotatable bonds is 6. The molecule has 0 saturated heterocycles. The summed E-state index contributed by atoms with van der Waals surface area (Å²) in [7, 11) is -0.846. The molecule has 0 saturated carbocycles. The number of aromatic carboxylic acids is 1. The third-order valence-corrected chi connectivity index (χ3v) is 4.74. The molecule has 0 amide bonds. The summed E-state index contributed by atoms with van der Waals surface area (Å²) in [6, 6.07) is 0. The van der Waals surface area contributed by atoms with Crippen molar-refractivity contribution in [1.29, 1.82) is 0 Å². The van der Waals surface area contributed by atoms with Gasteiger partial charge in [0.05, 0.1) is 5.69 Å². The second-order valence-electron chi connectivity index (χ2n) is 3.80. The van der Waals surface area contributed by atoms with Gasteiger partial charge in [0.25, 0.3) is 0 Å². The van der Waals surface area contributed by atoms with Crippen LogP contribution in [0.2, 0.25) is 0 Å². The predicted molar refractivity (Wildman–Crippen MR) is 70.4 cm³/mol. The molecule has 2 N–H and O–H groups in total. The quantitative estimate of drug-likeness (QED) is 0.827. The molecule has 1 rings (SSSR count). The fourth-order valence-electron chi connectivity index (χ4n) is 1.30. The van der Waals surface area contributed by atoms with Crippen LogP contribution >= 0.6 is 11.5 Å². The van der Waals surface area contributed by atoms with Gasteiger partial charge in [0, 0.05) is 28.9 Å². The first-order valence-electron chi connectivity index (χ1n) is 5.19. The van der Waals surface area contributed by atoms with E-state index in [9.17, 15) is 9.00 Å². The second-order valence-corrected chi connectivity index (χ2v) is 6.38. The molecule has 1 aromatic heterocycles. The zero-order chi connectivity index (χ0) is 13.0. The molecular formula is C10H16N2O3S2. The van der Waals surface area contributed by atoms with E-state index in [2.05, 4.69) is 9.69 Å². The Kier molecular flexibility index (Phi) is 5.07. The minimum Gasteiger partial charge on any atom is -0.478 e. The Morgan fingerprint density at radius 3 is 2.82 bits per heavy atom. The summed E-state index contributed by atoms with van der Waals surface area (Å²) in [6.07, 6.45) is 2.41. The van der Waals surface area contributed by atoms with Gasteiger partial charge in [0.2, 0.25) is 0 Å². The standard InChI is InChI=1S/C10H16N2O3S2/c1-6(17(3)15)4-5-11-9-8(10(13)14)7(2)12-16-9/h6,11H,4-5H2,1-3H3,(H,13,14). The minimum absolute atomic E-state index is 0.102. The second kappa shape index (κ2) is 6.11. The average Bonchev–Trinajstić information content (AvgIpc) is 2.59. The highest BCUT2D eigenvalue weighted by molar-refractivity contribution is 7.84. The summed E-state index contributed by atoms with van der Waals surface area (Å²) < 4.78 is 15.2. The molecule has 0 aliphatic heterocycles. The van der Waals surface area contributed by atoms with Crippen molar-refractivity contribution >= 4 is 33.3 Å². The van der Waals surface area contributed by atoms with Gasteiger partial charge in [-0.05, 0) is 24.9 Å². The third kappa shape index (κ3) is 3.78. The number of carbonyl (C=O) groups is 1. The van der Waals surface area contributed by atoms with E-state index in [-0.39, 0.29) is 10.8 Å². The number of hydrogen-bond acceptors (Lipinski definition) is 5. The van der Waals surface area contributed by atoms with Crippen LogP contribution in [0.15, 0.2) is 0 Å². The lowest BCUT2D eigenvalue weighted by molar-refractivity contribution is 0.0697. The summed E-state index contributed by atoms with van der Waals surface area (Å²) in [6.45, 7) is 4.19. The number of aryl methyl sites for hydroxylation is 1. The highest BCUT2D eigenvalue weighted by atomic mass is 32.2. The Bertz CT molecular complexity index is 431. The summed E-state index contributed by atoms with van der Waals surface area (Å²) >= 11 is 1.15. The number of nitrogens with zero attached hydrogens (tertiary/aromatic N) is 1. The molecule has 0 aromatic carbocycles. The van der Waals surface area contributed by atoms with E-state index in [4.69, 9.17) is 5.11 Å². The Balaban J connectivity index is 2.58. The molecule has 5 nitrogen and oxygen atoms in total. The van der Waals surface area contributed by atoms with Crippen molar-refractivity contribution in [2.75, 3.05) is 18.1 Å². The molecule has 17 heavy (non-hydrogen) atoms. The molecule has 0 fully saturated rings. The van der Waals surface area contributed by atoms with Crippen LogP contribution in [0.4, 0.5) is 5.00 Å². The van der Waals surface area contributed by atoms with Crippen LogP contribution in [0, 0.1) is 6.92 Å². The molecule has 2 atom stereocenters. The van der Waals surface area contributed by atoms with Gasteiger partial charge >= 0.3 is 5.97 Å². The van der Waals surface area contributed by atoms with E-state index in [0.717, 1.165) is 18.0 Å². The lowest BCUT2D eigenvalue weighted by atomic mass is 10.2. The summed E-state index contributed by atoms with van der Waals surface area (Å²) in [5.74, 6) is -0.967. The maximum absolute atomic E-state index is 11.1. The van der Waals surface area contributed by atoms with Gasteiger partial charge < -0.3 is 10.4 Å². The van der Waals surface area contributed by atoms with Gasteiger partial charge in [-0.1, -0.05) is 6.92 Å². The maximum atomic E-state index is 11.1. The first-order chi connectivity index (χ1) is 7.93. The SMILES string of the molecule is Cc1nsc(NCCC(C)S(C)=O)c1C(=O)O. The van der Waals surface area contributed by atoms with Crippen molar-refractivity contribution in [1.82, 2.24) is 4.37 Å². The molecule has 0 radical (unpaired) electrons. The van der Waals surface area contributed by atoms with E-state index in [1.165, 1.54) is 0 Å². The van der Waals surface area contributed by atoms with Crippen molar-refractivity contribution in [3.8, 4) is 0 Å². The largest absolute Gasteiger partial charge is 0.478 e. The van der Waals surface area contributed by atoms with Crippen LogP contribution in [0.25, 0.3) is 0 Å². The lowest BCUT2D eigenvalue weighted by Crippen LogP contribution is -2.15. The number of carboxylic acids is 1. The predicted octanol–water partition coefficient (Wildman–Crippen LogP) is 1.72. The minimum atomic E-state index is -0.967. The number of nitrogens with one attached hydrogen (secondary N) is 1. The zero-order valence-electron chi connectivity index (χ0n) is 10.0. The van der Waals surface area contributed by atoms with Crippen LogP contribution in [0.3, 0.4) is 0 Å². The number of anilines is 1.